The van der Waals surface area contributed by atoms with E-state index in [2.05, 4.69) is 16.2 Å². The molecule has 4 rings (SSSR count). The van der Waals surface area contributed by atoms with Crippen LogP contribution in [0.3, 0.4) is 0 Å². The molecule has 0 spiro atoms. The number of para-hydroxylation sites is 1. The van der Waals surface area contributed by atoms with Crippen molar-refractivity contribution in [1.29, 1.82) is 0 Å². The quantitative estimate of drug-likeness (QED) is 0.110. The summed E-state index contributed by atoms with van der Waals surface area (Å²) in [5, 5.41) is 3.25. The maximum absolute atomic E-state index is 12.4. The number of hydrogen-bond acceptors (Lipinski definition) is 5. The molecule has 0 unspecified atom stereocenters. The van der Waals surface area contributed by atoms with E-state index in [1.54, 1.807) is 66.7 Å². The van der Waals surface area contributed by atoms with Crippen LogP contribution in [0.2, 0.25) is 5.02 Å². The average molecular weight is 566 g/mol. The number of nitrogens with one attached hydrogen (secondary N) is 3. The molecule has 0 aliphatic heterocycles. The maximum Gasteiger partial charge on any atom is 0.336 e. The summed E-state index contributed by atoms with van der Waals surface area (Å²) in [4.78, 5) is 49.3. The van der Waals surface area contributed by atoms with Crippen molar-refractivity contribution >= 4 is 53.1 Å². The molecule has 0 aliphatic carbocycles. The van der Waals surface area contributed by atoms with E-state index >= 15 is 0 Å². The molecule has 0 aliphatic rings. The molecule has 9 heteroatoms. The Bertz CT molecular complexity index is 1600. The first-order valence-electron chi connectivity index (χ1n) is 12.4. The summed E-state index contributed by atoms with van der Waals surface area (Å²) >= 11 is 5.85. The van der Waals surface area contributed by atoms with Gasteiger partial charge in [0.25, 0.3) is 17.7 Å². The van der Waals surface area contributed by atoms with E-state index in [-0.39, 0.29) is 17.2 Å². The van der Waals surface area contributed by atoms with Gasteiger partial charge in [0, 0.05) is 39.6 Å². The smallest absolute Gasteiger partial charge is 0.336 e. The van der Waals surface area contributed by atoms with Gasteiger partial charge in [-0.3, -0.25) is 25.2 Å². The van der Waals surface area contributed by atoms with E-state index in [9.17, 15) is 19.2 Å². The Hall–Kier alpha value is -5.47. The lowest BCUT2D eigenvalue weighted by Gasteiger charge is -2.08. The molecule has 0 radical (unpaired) electrons. The van der Waals surface area contributed by atoms with Crippen molar-refractivity contribution in [2.24, 2.45) is 0 Å². The molecule has 0 atom stereocenters. The fraction of sp³-hybridized carbons (Fsp3) is 0. The second kappa shape index (κ2) is 14.1. The largest absolute Gasteiger partial charge is 0.423 e. The molecule has 0 saturated heterocycles. The lowest BCUT2D eigenvalue weighted by molar-refractivity contribution is -0.128. The number of hydrazine groups is 1. The van der Waals surface area contributed by atoms with Crippen LogP contribution in [0.1, 0.15) is 31.8 Å². The van der Waals surface area contributed by atoms with Crippen LogP contribution in [0.25, 0.3) is 12.2 Å². The summed E-state index contributed by atoms with van der Waals surface area (Å²) < 4.78 is 5.41. The van der Waals surface area contributed by atoms with Crippen LogP contribution in [0.4, 0.5) is 5.69 Å². The summed E-state index contributed by atoms with van der Waals surface area (Å²) in [5.41, 5.74) is 7.16. The molecule has 0 fully saturated rings. The second-order valence-corrected chi connectivity index (χ2v) is 8.95. The van der Waals surface area contributed by atoms with Gasteiger partial charge in [-0.2, -0.15) is 0 Å². The van der Waals surface area contributed by atoms with Crippen LogP contribution in [0.15, 0.2) is 115 Å². The van der Waals surface area contributed by atoms with Gasteiger partial charge in [-0.15, -0.1) is 0 Å². The van der Waals surface area contributed by atoms with E-state index in [0.717, 1.165) is 5.56 Å². The molecule has 0 heterocycles. The summed E-state index contributed by atoms with van der Waals surface area (Å²) in [5.74, 6) is -1.77. The molecular weight excluding hydrogens is 542 g/mol. The minimum absolute atomic E-state index is 0.264. The number of esters is 1. The van der Waals surface area contributed by atoms with E-state index < -0.39 is 17.8 Å². The summed E-state index contributed by atoms with van der Waals surface area (Å²) in [6, 6.07) is 28.6. The maximum atomic E-state index is 12.4. The molecule has 8 nitrogen and oxygen atoms in total. The highest BCUT2D eigenvalue weighted by molar-refractivity contribution is 6.30. The Morgan fingerprint density at radius 1 is 0.634 bits per heavy atom. The van der Waals surface area contributed by atoms with Gasteiger partial charge in [0.15, 0.2) is 0 Å². The minimum atomic E-state index is -0.602. The molecule has 3 amide bonds. The van der Waals surface area contributed by atoms with Crippen LogP contribution >= 0.6 is 11.6 Å². The number of carbonyl (C=O) groups is 4. The number of halogens is 1. The Labute approximate surface area is 241 Å². The predicted octanol–water partition coefficient (Wildman–Crippen LogP) is 5.69. The number of rotatable bonds is 8. The van der Waals surface area contributed by atoms with Gasteiger partial charge in [-0.25, -0.2) is 4.79 Å². The molecule has 0 bridgehead atoms. The normalized spacial score (nSPS) is 10.8. The third kappa shape index (κ3) is 8.77. The Balaban J connectivity index is 1.27. The van der Waals surface area contributed by atoms with E-state index in [1.807, 2.05) is 30.3 Å². The fourth-order valence-electron chi connectivity index (χ4n) is 3.49. The van der Waals surface area contributed by atoms with Gasteiger partial charge < -0.3 is 10.1 Å². The van der Waals surface area contributed by atoms with E-state index in [1.165, 1.54) is 30.4 Å². The highest BCUT2D eigenvalue weighted by Crippen LogP contribution is 2.20. The second-order valence-electron chi connectivity index (χ2n) is 8.52. The number of carbonyl (C=O) groups excluding carboxylic acids is 4. The first-order chi connectivity index (χ1) is 19.9. The van der Waals surface area contributed by atoms with Crippen molar-refractivity contribution in [2.45, 2.75) is 0 Å². The fourth-order valence-corrected chi connectivity index (χ4v) is 3.62. The van der Waals surface area contributed by atoms with Crippen LogP contribution < -0.4 is 20.9 Å². The monoisotopic (exact) mass is 565 g/mol. The van der Waals surface area contributed by atoms with Crippen molar-refractivity contribution in [2.75, 3.05) is 5.32 Å². The average Bonchev–Trinajstić information content (AvgIpc) is 2.99. The van der Waals surface area contributed by atoms with E-state index in [4.69, 9.17) is 16.3 Å². The van der Waals surface area contributed by atoms with Crippen molar-refractivity contribution in [3.05, 3.63) is 143 Å². The highest BCUT2D eigenvalue weighted by atomic mass is 35.5. The van der Waals surface area contributed by atoms with Crippen molar-refractivity contribution in [3.8, 4) is 5.75 Å². The summed E-state index contributed by atoms with van der Waals surface area (Å²) in [6.45, 7) is 0. The third-order valence-electron chi connectivity index (χ3n) is 5.57. The van der Waals surface area contributed by atoms with Crippen LogP contribution in [0, 0.1) is 0 Å². The number of benzene rings is 4. The molecule has 3 N–H and O–H groups in total. The van der Waals surface area contributed by atoms with Gasteiger partial charge in [0.1, 0.15) is 5.75 Å². The minimum Gasteiger partial charge on any atom is -0.423 e. The molecule has 4 aromatic rings. The highest BCUT2D eigenvalue weighted by Gasteiger charge is 2.10. The van der Waals surface area contributed by atoms with Crippen molar-refractivity contribution in [3.63, 3.8) is 0 Å². The Morgan fingerprint density at radius 3 is 2.00 bits per heavy atom. The predicted molar refractivity (Wildman–Crippen MR) is 158 cm³/mol. The zero-order chi connectivity index (χ0) is 29.0. The first kappa shape index (κ1) is 28.5. The molecule has 4 aromatic carbocycles. The van der Waals surface area contributed by atoms with Gasteiger partial charge >= 0.3 is 5.97 Å². The number of hydrogen-bond donors (Lipinski definition) is 3. The molecule has 0 saturated carbocycles. The van der Waals surface area contributed by atoms with Crippen molar-refractivity contribution < 1.29 is 23.9 Å². The van der Waals surface area contributed by atoms with Crippen LogP contribution in [-0.2, 0) is 9.59 Å². The topological polar surface area (TPSA) is 114 Å². The SMILES string of the molecule is O=C(/C=C/c1ccccc1OC(=O)/C=C/c1ccccc1)NNC(=O)c1ccc(NC(=O)c2ccc(Cl)cc2)cc1. The zero-order valence-corrected chi connectivity index (χ0v) is 22.3. The first-order valence-corrected chi connectivity index (χ1v) is 12.7. The van der Waals surface area contributed by atoms with Crippen molar-refractivity contribution in [1.82, 2.24) is 10.9 Å². The van der Waals surface area contributed by atoms with E-state index in [0.29, 0.717) is 21.8 Å². The van der Waals surface area contributed by atoms with Gasteiger partial charge in [-0.1, -0.05) is 60.1 Å². The molecule has 0 aromatic heterocycles. The van der Waals surface area contributed by atoms with Gasteiger partial charge in [0.05, 0.1) is 0 Å². The van der Waals surface area contributed by atoms with Gasteiger partial charge in [-0.05, 0) is 72.3 Å². The number of anilines is 1. The molecule has 204 valence electrons. The standard InChI is InChI=1S/C32H24ClN3O5/c33-26-16-11-24(12-17-26)31(39)34-27-18-13-25(14-19-27)32(40)36-35-29(37)20-15-23-8-4-5-9-28(23)41-30(38)21-10-22-6-2-1-3-7-22/h1-21H,(H,34,39)(H,35,37)(H,36,40)/b20-15+,21-10+. The molecule has 41 heavy (non-hydrogen) atoms. The zero-order valence-electron chi connectivity index (χ0n) is 21.5. The number of ether oxygens (including phenoxy) is 1. The molecular formula is C32H24ClN3O5. The number of amides is 3. The Kier molecular flexibility index (Phi) is 9.79. The lowest BCUT2D eigenvalue weighted by atomic mass is 10.1. The van der Waals surface area contributed by atoms with Crippen LogP contribution in [0.5, 0.6) is 5.75 Å². The Morgan fingerprint density at radius 2 is 1.27 bits per heavy atom. The van der Waals surface area contributed by atoms with Gasteiger partial charge in [0.2, 0.25) is 0 Å². The third-order valence-corrected chi connectivity index (χ3v) is 5.82. The van der Waals surface area contributed by atoms with Crippen LogP contribution in [-0.4, -0.2) is 23.7 Å². The summed E-state index contributed by atoms with van der Waals surface area (Å²) in [7, 11) is 0. The lowest BCUT2D eigenvalue weighted by Crippen LogP contribution is -2.40. The summed E-state index contributed by atoms with van der Waals surface area (Å²) in [6.07, 6.45) is 5.62.